The zero-order valence-electron chi connectivity index (χ0n) is 12.5. The number of aromatic nitrogens is 1. The highest BCUT2D eigenvalue weighted by Crippen LogP contribution is 2.27. The van der Waals surface area contributed by atoms with E-state index in [9.17, 15) is 4.79 Å². The van der Waals surface area contributed by atoms with Crippen molar-refractivity contribution in [3.05, 3.63) is 41.0 Å². The first-order chi connectivity index (χ1) is 10.7. The lowest BCUT2D eigenvalue weighted by Crippen LogP contribution is -2.27. The summed E-state index contributed by atoms with van der Waals surface area (Å²) in [5.74, 6) is 0.410. The molecule has 0 radical (unpaired) electrons. The van der Waals surface area contributed by atoms with Gasteiger partial charge in [-0.2, -0.15) is 0 Å². The molecule has 1 aromatic carbocycles. The number of ether oxygens (including phenoxy) is 1. The van der Waals surface area contributed by atoms with Crippen molar-refractivity contribution >= 4 is 17.5 Å². The number of rotatable bonds is 8. The van der Waals surface area contributed by atoms with E-state index in [1.165, 1.54) is 0 Å². The maximum Gasteiger partial charge on any atom is 0.246 e. The molecule has 0 aliphatic heterocycles. The number of carbonyl (C=O) groups is 1. The van der Waals surface area contributed by atoms with Crippen molar-refractivity contribution in [1.82, 2.24) is 10.5 Å². The van der Waals surface area contributed by atoms with Gasteiger partial charge in [0.25, 0.3) is 0 Å². The SMILES string of the molecule is CCCCOCC(=O)NCc1cc(-c2ccccc2Cl)on1. The van der Waals surface area contributed by atoms with Crippen LogP contribution in [0.2, 0.25) is 5.02 Å². The van der Waals surface area contributed by atoms with E-state index in [-0.39, 0.29) is 12.5 Å². The van der Waals surface area contributed by atoms with Crippen LogP contribution in [0.5, 0.6) is 0 Å². The van der Waals surface area contributed by atoms with Crippen LogP contribution in [0.3, 0.4) is 0 Å². The van der Waals surface area contributed by atoms with Crippen molar-refractivity contribution in [2.45, 2.75) is 26.3 Å². The third-order valence-corrected chi connectivity index (χ3v) is 3.37. The highest BCUT2D eigenvalue weighted by Gasteiger charge is 2.10. The summed E-state index contributed by atoms with van der Waals surface area (Å²) < 4.78 is 10.5. The molecule has 0 bridgehead atoms. The minimum absolute atomic E-state index is 0.0647. The van der Waals surface area contributed by atoms with Gasteiger partial charge in [-0.1, -0.05) is 42.2 Å². The van der Waals surface area contributed by atoms with Crippen LogP contribution in [0.1, 0.15) is 25.5 Å². The molecule has 1 N–H and O–H groups in total. The van der Waals surface area contributed by atoms with E-state index in [4.69, 9.17) is 20.9 Å². The molecule has 2 rings (SSSR count). The summed E-state index contributed by atoms with van der Waals surface area (Å²) in [7, 11) is 0. The molecule has 1 amide bonds. The average molecular weight is 323 g/mol. The Bertz CT molecular complexity index is 613. The molecule has 6 heteroatoms. The lowest BCUT2D eigenvalue weighted by molar-refractivity contribution is -0.125. The van der Waals surface area contributed by atoms with Crippen LogP contribution in [-0.4, -0.2) is 24.3 Å². The van der Waals surface area contributed by atoms with Crippen LogP contribution in [0.15, 0.2) is 34.9 Å². The largest absolute Gasteiger partial charge is 0.372 e. The number of hydrogen-bond donors (Lipinski definition) is 1. The molecule has 0 saturated heterocycles. The summed E-state index contributed by atoms with van der Waals surface area (Å²) in [6.45, 7) is 3.04. The topological polar surface area (TPSA) is 64.4 Å². The van der Waals surface area contributed by atoms with E-state index < -0.39 is 0 Å². The fourth-order valence-electron chi connectivity index (χ4n) is 1.83. The Kier molecular flexibility index (Phi) is 6.43. The van der Waals surface area contributed by atoms with Crippen molar-refractivity contribution in [2.24, 2.45) is 0 Å². The molecule has 0 atom stereocenters. The molecule has 1 aromatic heterocycles. The number of nitrogens with one attached hydrogen (secondary N) is 1. The molecule has 2 aromatic rings. The Morgan fingerprint density at radius 3 is 3.00 bits per heavy atom. The van der Waals surface area contributed by atoms with Crippen molar-refractivity contribution in [3.8, 4) is 11.3 Å². The van der Waals surface area contributed by atoms with E-state index in [2.05, 4.69) is 17.4 Å². The summed E-state index contributed by atoms with van der Waals surface area (Å²) in [6.07, 6.45) is 2.00. The minimum Gasteiger partial charge on any atom is -0.372 e. The van der Waals surface area contributed by atoms with Gasteiger partial charge >= 0.3 is 0 Å². The van der Waals surface area contributed by atoms with Gasteiger partial charge in [0, 0.05) is 18.2 Å². The molecular formula is C16H19ClN2O3. The fraction of sp³-hybridized carbons (Fsp3) is 0.375. The molecule has 0 aliphatic rings. The zero-order valence-corrected chi connectivity index (χ0v) is 13.2. The second kappa shape index (κ2) is 8.56. The van der Waals surface area contributed by atoms with Crippen LogP contribution in [0.25, 0.3) is 11.3 Å². The molecule has 0 unspecified atom stereocenters. The number of hydrogen-bond acceptors (Lipinski definition) is 4. The monoisotopic (exact) mass is 322 g/mol. The number of benzene rings is 1. The first-order valence-electron chi connectivity index (χ1n) is 7.25. The fourth-order valence-corrected chi connectivity index (χ4v) is 2.06. The Hall–Kier alpha value is -1.85. The van der Waals surface area contributed by atoms with Crippen LogP contribution in [0.4, 0.5) is 0 Å². The van der Waals surface area contributed by atoms with Gasteiger partial charge in [-0.3, -0.25) is 4.79 Å². The second-order valence-corrected chi connectivity index (χ2v) is 5.25. The third kappa shape index (κ3) is 4.86. The Balaban J connectivity index is 1.83. The number of amides is 1. The lowest BCUT2D eigenvalue weighted by Gasteiger charge is -2.03. The van der Waals surface area contributed by atoms with E-state index in [1.807, 2.05) is 18.2 Å². The predicted octanol–water partition coefficient (Wildman–Crippen LogP) is 3.43. The number of carbonyl (C=O) groups excluding carboxylic acids is 1. The molecule has 0 saturated carbocycles. The van der Waals surface area contributed by atoms with Crippen molar-refractivity contribution in [3.63, 3.8) is 0 Å². The molecule has 0 spiro atoms. The smallest absolute Gasteiger partial charge is 0.246 e. The van der Waals surface area contributed by atoms with Crippen LogP contribution in [-0.2, 0) is 16.1 Å². The standard InChI is InChI=1S/C16H19ClN2O3/c1-2-3-8-21-11-16(20)18-10-12-9-15(22-19-12)13-6-4-5-7-14(13)17/h4-7,9H,2-3,8,10-11H2,1H3,(H,18,20). The van der Waals surface area contributed by atoms with Gasteiger partial charge in [0.1, 0.15) is 12.3 Å². The first kappa shape index (κ1) is 16.5. The summed E-state index contributed by atoms with van der Waals surface area (Å²) >= 11 is 6.10. The van der Waals surface area contributed by atoms with Gasteiger partial charge in [-0.05, 0) is 18.6 Å². The summed E-state index contributed by atoms with van der Waals surface area (Å²) in [6, 6.07) is 9.13. The van der Waals surface area contributed by atoms with Gasteiger partial charge in [-0.15, -0.1) is 0 Å². The molecule has 1 heterocycles. The maximum absolute atomic E-state index is 11.6. The van der Waals surface area contributed by atoms with Gasteiger partial charge < -0.3 is 14.6 Å². The van der Waals surface area contributed by atoms with Crippen LogP contribution in [0, 0.1) is 0 Å². The summed E-state index contributed by atoms with van der Waals surface area (Å²) in [4.78, 5) is 11.6. The van der Waals surface area contributed by atoms with Crippen molar-refractivity contribution in [1.29, 1.82) is 0 Å². The molecule has 118 valence electrons. The van der Waals surface area contributed by atoms with E-state index >= 15 is 0 Å². The highest BCUT2D eigenvalue weighted by molar-refractivity contribution is 6.33. The van der Waals surface area contributed by atoms with Gasteiger partial charge in [0.05, 0.1) is 11.6 Å². The van der Waals surface area contributed by atoms with Crippen molar-refractivity contribution < 1.29 is 14.1 Å². The van der Waals surface area contributed by atoms with E-state index in [0.717, 1.165) is 18.4 Å². The normalized spacial score (nSPS) is 10.6. The van der Waals surface area contributed by atoms with Gasteiger partial charge in [0.2, 0.25) is 5.91 Å². The molecule has 0 aliphatic carbocycles. The molecule has 0 fully saturated rings. The van der Waals surface area contributed by atoms with E-state index in [1.54, 1.807) is 12.1 Å². The van der Waals surface area contributed by atoms with Gasteiger partial charge in [-0.25, -0.2) is 0 Å². The zero-order chi connectivity index (χ0) is 15.8. The third-order valence-electron chi connectivity index (χ3n) is 3.04. The highest BCUT2D eigenvalue weighted by atomic mass is 35.5. The average Bonchev–Trinajstić information content (AvgIpc) is 2.99. The Morgan fingerprint density at radius 1 is 1.41 bits per heavy atom. The quantitative estimate of drug-likeness (QED) is 0.756. The minimum atomic E-state index is -0.168. The summed E-state index contributed by atoms with van der Waals surface area (Å²) in [5.41, 5.74) is 1.41. The molecule has 5 nitrogen and oxygen atoms in total. The summed E-state index contributed by atoms with van der Waals surface area (Å²) in [5, 5.41) is 7.26. The predicted molar refractivity (Wildman–Crippen MR) is 84.5 cm³/mol. The van der Waals surface area contributed by atoms with Gasteiger partial charge in [0.15, 0.2) is 5.76 Å². The number of halogens is 1. The van der Waals surface area contributed by atoms with E-state index in [0.29, 0.717) is 29.6 Å². The maximum atomic E-state index is 11.6. The lowest BCUT2D eigenvalue weighted by atomic mass is 10.1. The molecule has 22 heavy (non-hydrogen) atoms. The molecular weight excluding hydrogens is 304 g/mol. The Labute approximate surface area is 134 Å². The van der Waals surface area contributed by atoms with Crippen molar-refractivity contribution in [2.75, 3.05) is 13.2 Å². The van der Waals surface area contributed by atoms with Crippen LogP contribution >= 0.6 is 11.6 Å². The number of unbranched alkanes of at least 4 members (excludes halogenated alkanes) is 1. The Morgan fingerprint density at radius 2 is 2.23 bits per heavy atom. The first-order valence-corrected chi connectivity index (χ1v) is 7.63. The number of nitrogens with zero attached hydrogens (tertiary/aromatic N) is 1. The second-order valence-electron chi connectivity index (χ2n) is 4.85. The van der Waals surface area contributed by atoms with Crippen LogP contribution < -0.4 is 5.32 Å².